The summed E-state index contributed by atoms with van der Waals surface area (Å²) < 4.78 is 41.9. The van der Waals surface area contributed by atoms with Crippen LogP contribution in [0.25, 0.3) is 0 Å². The maximum absolute atomic E-state index is 12.4. The summed E-state index contributed by atoms with van der Waals surface area (Å²) in [6.07, 6.45) is -4.70. The Hall–Kier alpha value is -2.91. The number of carbonyl (C=O) groups excluding carboxylic acids is 2. The van der Waals surface area contributed by atoms with E-state index in [0.29, 0.717) is 0 Å². The predicted molar refractivity (Wildman–Crippen MR) is 67.1 cm³/mol. The number of para-hydroxylation sites is 1. The zero-order valence-electron chi connectivity index (χ0n) is 11.1. The molecule has 2 rings (SSSR count). The van der Waals surface area contributed by atoms with Crippen LogP contribution >= 0.6 is 0 Å². The van der Waals surface area contributed by atoms with Gasteiger partial charge < -0.3 is 4.74 Å². The fourth-order valence-electron chi connectivity index (χ4n) is 1.51. The third-order valence-electron chi connectivity index (χ3n) is 2.36. The van der Waals surface area contributed by atoms with Gasteiger partial charge >= 0.3 is 12.1 Å². The summed E-state index contributed by atoms with van der Waals surface area (Å²) in [6.45, 7) is 1.15. The smallest absolute Gasteiger partial charge is 0.426 e. The number of rotatable bonds is 3. The number of nitrogens with one attached hydrogen (secondary N) is 2. The van der Waals surface area contributed by atoms with Crippen LogP contribution in [0, 0.1) is 0 Å². The monoisotopic (exact) mass is 314 g/mol. The zero-order valence-corrected chi connectivity index (χ0v) is 11.1. The molecule has 0 aliphatic rings. The van der Waals surface area contributed by atoms with Gasteiger partial charge in [0, 0.05) is 6.92 Å². The van der Waals surface area contributed by atoms with Crippen molar-refractivity contribution in [3.8, 4) is 5.75 Å². The molecule has 116 valence electrons. The van der Waals surface area contributed by atoms with Crippen molar-refractivity contribution in [2.45, 2.75) is 13.1 Å². The molecular formula is C12H9F3N4O3. The van der Waals surface area contributed by atoms with E-state index in [-0.39, 0.29) is 11.3 Å². The van der Waals surface area contributed by atoms with Crippen LogP contribution in [0.3, 0.4) is 0 Å². The Morgan fingerprint density at radius 1 is 1.27 bits per heavy atom. The molecule has 2 aromatic rings. The minimum Gasteiger partial charge on any atom is -0.426 e. The fraction of sp³-hybridized carbons (Fsp3) is 0.167. The molecule has 7 nitrogen and oxygen atoms in total. The number of ether oxygens (including phenoxy) is 1. The van der Waals surface area contributed by atoms with Gasteiger partial charge in [-0.05, 0) is 12.1 Å². The number of aromatic nitrogens is 3. The van der Waals surface area contributed by atoms with Crippen molar-refractivity contribution in [2.75, 3.05) is 5.32 Å². The first-order valence-corrected chi connectivity index (χ1v) is 5.86. The minimum absolute atomic E-state index is 0.0286. The van der Waals surface area contributed by atoms with Crippen molar-refractivity contribution in [3.63, 3.8) is 0 Å². The van der Waals surface area contributed by atoms with Crippen LogP contribution < -0.4 is 10.1 Å². The molecule has 0 fully saturated rings. The summed E-state index contributed by atoms with van der Waals surface area (Å²) in [4.78, 5) is 26.1. The summed E-state index contributed by atoms with van der Waals surface area (Å²) in [5.41, 5.74) is -0.0453. The van der Waals surface area contributed by atoms with Crippen LogP contribution in [-0.4, -0.2) is 27.1 Å². The van der Waals surface area contributed by atoms with Gasteiger partial charge in [-0.1, -0.05) is 12.1 Å². The molecule has 0 atom stereocenters. The van der Waals surface area contributed by atoms with E-state index in [9.17, 15) is 22.8 Å². The topological polar surface area (TPSA) is 97.0 Å². The highest BCUT2D eigenvalue weighted by molar-refractivity contribution is 6.05. The van der Waals surface area contributed by atoms with E-state index in [1.165, 1.54) is 24.3 Å². The minimum atomic E-state index is -4.70. The highest BCUT2D eigenvalue weighted by atomic mass is 19.4. The standard InChI is InChI=1S/C12H9F3N4O3/c1-6(20)22-8-5-3-2-4-7(8)9(21)16-11-17-10(18-19-11)12(13,14)15/h2-5H,1H3,(H2,16,17,18,19,21). The molecule has 1 amide bonds. The van der Waals surface area contributed by atoms with E-state index in [0.717, 1.165) is 6.92 Å². The van der Waals surface area contributed by atoms with E-state index < -0.39 is 29.8 Å². The van der Waals surface area contributed by atoms with Gasteiger partial charge in [0.25, 0.3) is 5.91 Å². The van der Waals surface area contributed by atoms with E-state index in [4.69, 9.17) is 4.74 Å². The maximum atomic E-state index is 12.4. The Morgan fingerprint density at radius 2 is 1.95 bits per heavy atom. The van der Waals surface area contributed by atoms with Gasteiger partial charge in [-0.2, -0.15) is 18.2 Å². The lowest BCUT2D eigenvalue weighted by Gasteiger charge is -2.07. The molecule has 1 heterocycles. The molecule has 0 unspecified atom stereocenters. The van der Waals surface area contributed by atoms with E-state index in [2.05, 4.69) is 15.4 Å². The lowest BCUT2D eigenvalue weighted by atomic mass is 10.2. The Morgan fingerprint density at radius 3 is 2.55 bits per heavy atom. The molecule has 2 N–H and O–H groups in total. The number of alkyl halides is 3. The molecule has 0 saturated carbocycles. The quantitative estimate of drug-likeness (QED) is 0.667. The van der Waals surface area contributed by atoms with Crippen molar-refractivity contribution >= 4 is 17.8 Å². The molecule has 10 heteroatoms. The summed E-state index contributed by atoms with van der Waals surface area (Å²) in [5, 5.41) is 6.99. The van der Waals surface area contributed by atoms with Gasteiger partial charge in [-0.15, -0.1) is 5.10 Å². The summed E-state index contributed by atoms with van der Waals surface area (Å²) in [7, 11) is 0. The van der Waals surface area contributed by atoms with Crippen molar-refractivity contribution in [2.24, 2.45) is 0 Å². The number of amides is 1. The SMILES string of the molecule is CC(=O)Oc1ccccc1C(=O)Nc1n[nH]c(C(F)(F)F)n1. The Kier molecular flexibility index (Phi) is 4.11. The number of anilines is 1. The fourth-order valence-corrected chi connectivity index (χ4v) is 1.51. The molecule has 0 spiro atoms. The van der Waals surface area contributed by atoms with Crippen LogP contribution in [0.5, 0.6) is 5.75 Å². The van der Waals surface area contributed by atoms with E-state index in [1.807, 2.05) is 0 Å². The molecule has 22 heavy (non-hydrogen) atoms. The lowest BCUT2D eigenvalue weighted by Crippen LogP contribution is -2.16. The number of H-pyrrole nitrogens is 1. The normalized spacial score (nSPS) is 11.1. The highest BCUT2D eigenvalue weighted by Gasteiger charge is 2.35. The van der Waals surface area contributed by atoms with Gasteiger partial charge in [0.1, 0.15) is 5.75 Å². The van der Waals surface area contributed by atoms with Crippen molar-refractivity contribution in [1.29, 1.82) is 0 Å². The number of carbonyl (C=O) groups is 2. The van der Waals surface area contributed by atoms with Crippen LogP contribution in [0.15, 0.2) is 24.3 Å². The molecule has 1 aromatic heterocycles. The van der Waals surface area contributed by atoms with Crippen LogP contribution in [0.2, 0.25) is 0 Å². The van der Waals surface area contributed by atoms with Gasteiger partial charge in [-0.25, -0.2) is 0 Å². The first-order chi connectivity index (χ1) is 10.3. The number of hydrogen-bond acceptors (Lipinski definition) is 5. The molecule has 0 bridgehead atoms. The molecule has 1 aromatic carbocycles. The Bertz CT molecular complexity index is 712. The second-order valence-corrected chi connectivity index (χ2v) is 4.05. The molecular weight excluding hydrogens is 305 g/mol. The van der Waals surface area contributed by atoms with Crippen molar-refractivity contribution < 1.29 is 27.5 Å². The molecule has 0 saturated heterocycles. The first-order valence-electron chi connectivity index (χ1n) is 5.86. The number of esters is 1. The second kappa shape index (κ2) is 5.84. The number of benzene rings is 1. The van der Waals surface area contributed by atoms with Crippen LogP contribution in [0.1, 0.15) is 23.1 Å². The second-order valence-electron chi connectivity index (χ2n) is 4.05. The van der Waals surface area contributed by atoms with Gasteiger partial charge in [0.2, 0.25) is 11.8 Å². The van der Waals surface area contributed by atoms with Gasteiger partial charge in [0.05, 0.1) is 5.56 Å². The largest absolute Gasteiger partial charge is 0.451 e. The molecule has 0 aliphatic carbocycles. The van der Waals surface area contributed by atoms with Crippen molar-refractivity contribution in [3.05, 3.63) is 35.7 Å². The number of hydrogen-bond donors (Lipinski definition) is 2. The lowest BCUT2D eigenvalue weighted by molar-refractivity contribution is -0.144. The summed E-state index contributed by atoms with van der Waals surface area (Å²) >= 11 is 0. The molecule has 0 aliphatic heterocycles. The third kappa shape index (κ3) is 3.59. The first kappa shape index (κ1) is 15.5. The van der Waals surface area contributed by atoms with Crippen LogP contribution in [-0.2, 0) is 11.0 Å². The average molecular weight is 314 g/mol. The number of halogens is 3. The van der Waals surface area contributed by atoms with E-state index >= 15 is 0 Å². The third-order valence-corrected chi connectivity index (χ3v) is 2.36. The van der Waals surface area contributed by atoms with E-state index in [1.54, 1.807) is 5.10 Å². The Balaban J connectivity index is 2.19. The maximum Gasteiger partial charge on any atom is 0.451 e. The zero-order chi connectivity index (χ0) is 16.3. The average Bonchev–Trinajstić information content (AvgIpc) is 2.87. The Labute approximate surface area is 121 Å². The highest BCUT2D eigenvalue weighted by Crippen LogP contribution is 2.26. The number of aromatic amines is 1. The van der Waals surface area contributed by atoms with Crippen molar-refractivity contribution in [1.82, 2.24) is 15.2 Å². The van der Waals surface area contributed by atoms with Crippen LogP contribution in [0.4, 0.5) is 19.1 Å². The summed E-state index contributed by atoms with van der Waals surface area (Å²) in [6, 6.07) is 5.74. The predicted octanol–water partition coefficient (Wildman–Crippen LogP) is 2.00. The van der Waals surface area contributed by atoms with Gasteiger partial charge in [-0.3, -0.25) is 20.0 Å². The van der Waals surface area contributed by atoms with Gasteiger partial charge in [0.15, 0.2) is 0 Å². The number of nitrogens with zero attached hydrogens (tertiary/aromatic N) is 2. The summed E-state index contributed by atoms with van der Waals surface area (Å²) in [5.74, 6) is -3.37. The molecule has 0 radical (unpaired) electrons.